The zero-order valence-corrected chi connectivity index (χ0v) is 10.8. The van der Waals surface area contributed by atoms with Crippen molar-refractivity contribution in [2.24, 2.45) is 11.7 Å². The molecule has 15 heavy (non-hydrogen) atoms. The highest BCUT2D eigenvalue weighted by molar-refractivity contribution is 9.10. The lowest BCUT2D eigenvalue weighted by atomic mass is 10.2. The fourth-order valence-electron chi connectivity index (χ4n) is 1.54. The van der Waals surface area contributed by atoms with Gasteiger partial charge in [-0.3, -0.25) is 4.21 Å². The summed E-state index contributed by atoms with van der Waals surface area (Å²) in [5.74, 6) is 1.20. The van der Waals surface area contributed by atoms with Gasteiger partial charge < -0.3 is 5.73 Å². The van der Waals surface area contributed by atoms with Crippen LogP contribution in [0, 0.1) is 5.92 Å². The third-order valence-corrected chi connectivity index (χ3v) is 4.59. The Bertz CT molecular complexity index is 379. The van der Waals surface area contributed by atoms with Crippen LogP contribution in [0.15, 0.2) is 33.6 Å². The maximum atomic E-state index is 11.9. The quantitative estimate of drug-likeness (QED) is 0.923. The Morgan fingerprint density at radius 3 is 2.87 bits per heavy atom. The van der Waals surface area contributed by atoms with Crippen molar-refractivity contribution in [3.63, 3.8) is 0 Å². The van der Waals surface area contributed by atoms with E-state index in [0.717, 1.165) is 9.37 Å². The second-order valence-corrected chi connectivity index (χ2v) is 6.38. The van der Waals surface area contributed by atoms with E-state index in [4.69, 9.17) is 5.73 Å². The maximum Gasteiger partial charge on any atom is 0.0545 e. The van der Waals surface area contributed by atoms with E-state index < -0.39 is 10.8 Å². The van der Waals surface area contributed by atoms with E-state index >= 15 is 0 Å². The fraction of sp³-hybridized carbons (Fsp3) is 0.455. The van der Waals surface area contributed by atoms with Gasteiger partial charge in [-0.25, -0.2) is 0 Å². The molecule has 1 aromatic carbocycles. The normalized spacial score (nSPS) is 19.9. The van der Waals surface area contributed by atoms with Crippen molar-refractivity contribution in [2.75, 3.05) is 5.75 Å². The van der Waals surface area contributed by atoms with Crippen molar-refractivity contribution < 1.29 is 4.21 Å². The van der Waals surface area contributed by atoms with Crippen LogP contribution in [0.4, 0.5) is 0 Å². The van der Waals surface area contributed by atoms with Crippen LogP contribution in [-0.2, 0) is 10.8 Å². The topological polar surface area (TPSA) is 43.1 Å². The Hall–Kier alpha value is -0.190. The highest BCUT2D eigenvalue weighted by atomic mass is 79.9. The van der Waals surface area contributed by atoms with Crippen LogP contribution in [0.25, 0.3) is 0 Å². The predicted molar refractivity (Wildman–Crippen MR) is 66.1 cm³/mol. The van der Waals surface area contributed by atoms with E-state index in [2.05, 4.69) is 15.9 Å². The molecule has 82 valence electrons. The smallest absolute Gasteiger partial charge is 0.0545 e. The number of benzene rings is 1. The molecule has 0 amide bonds. The van der Waals surface area contributed by atoms with Crippen LogP contribution in [-0.4, -0.2) is 16.0 Å². The van der Waals surface area contributed by atoms with Crippen LogP contribution < -0.4 is 5.73 Å². The van der Waals surface area contributed by atoms with Crippen LogP contribution in [0.1, 0.15) is 12.8 Å². The molecule has 2 N–H and O–H groups in total. The number of halogens is 1. The van der Waals surface area contributed by atoms with Crippen molar-refractivity contribution >= 4 is 26.7 Å². The summed E-state index contributed by atoms with van der Waals surface area (Å²) in [6, 6.07) is 7.72. The van der Waals surface area contributed by atoms with Gasteiger partial charge in [-0.2, -0.15) is 0 Å². The molecule has 1 aliphatic rings. The van der Waals surface area contributed by atoms with Crippen molar-refractivity contribution in [1.29, 1.82) is 0 Å². The van der Waals surface area contributed by atoms with Crippen LogP contribution in [0.2, 0.25) is 0 Å². The first-order chi connectivity index (χ1) is 7.16. The second kappa shape index (κ2) is 4.76. The Labute approximate surface area is 101 Å². The van der Waals surface area contributed by atoms with Gasteiger partial charge in [0.25, 0.3) is 0 Å². The van der Waals surface area contributed by atoms with Gasteiger partial charge in [0.05, 0.1) is 10.8 Å². The lowest BCUT2D eigenvalue weighted by Crippen LogP contribution is -2.29. The highest BCUT2D eigenvalue weighted by Gasteiger charge is 2.29. The molecule has 0 aromatic heterocycles. The standard InChI is InChI=1S/C11H14BrNOS/c12-9-2-1-3-10(6-9)15(14)7-11(13)8-4-5-8/h1-3,6,8,11H,4-5,7,13H2. The van der Waals surface area contributed by atoms with Crippen molar-refractivity contribution in [3.05, 3.63) is 28.7 Å². The number of nitrogens with two attached hydrogens (primary N) is 1. The van der Waals surface area contributed by atoms with Gasteiger partial charge in [-0.05, 0) is 37.0 Å². The molecular formula is C11H14BrNOS. The SMILES string of the molecule is NC(CS(=O)c1cccc(Br)c1)C1CC1. The van der Waals surface area contributed by atoms with Crippen molar-refractivity contribution in [1.82, 2.24) is 0 Å². The summed E-state index contributed by atoms with van der Waals surface area (Å²) in [6.45, 7) is 0. The Balaban J connectivity index is 2.00. The third-order valence-electron chi connectivity index (χ3n) is 2.63. The fourth-order valence-corrected chi connectivity index (χ4v) is 3.39. The molecule has 1 fully saturated rings. The minimum Gasteiger partial charge on any atom is -0.327 e. The van der Waals surface area contributed by atoms with Crippen LogP contribution in [0.5, 0.6) is 0 Å². The molecule has 0 heterocycles. The van der Waals surface area contributed by atoms with E-state index in [9.17, 15) is 4.21 Å². The minimum absolute atomic E-state index is 0.102. The summed E-state index contributed by atoms with van der Waals surface area (Å²) in [7, 11) is -0.959. The van der Waals surface area contributed by atoms with Gasteiger partial charge in [0, 0.05) is 21.2 Å². The van der Waals surface area contributed by atoms with Crippen molar-refractivity contribution in [3.8, 4) is 0 Å². The van der Waals surface area contributed by atoms with E-state index in [1.54, 1.807) is 0 Å². The first-order valence-corrected chi connectivity index (χ1v) is 7.17. The molecule has 1 aliphatic carbocycles. The first kappa shape index (κ1) is 11.3. The van der Waals surface area contributed by atoms with Crippen LogP contribution in [0.3, 0.4) is 0 Å². The van der Waals surface area contributed by atoms with Gasteiger partial charge in [-0.1, -0.05) is 22.0 Å². The average Bonchev–Trinajstić information content (AvgIpc) is 3.00. The predicted octanol–water partition coefficient (Wildman–Crippen LogP) is 2.29. The largest absolute Gasteiger partial charge is 0.327 e. The van der Waals surface area contributed by atoms with E-state index in [-0.39, 0.29) is 6.04 Å². The average molecular weight is 288 g/mol. The summed E-state index contributed by atoms with van der Waals surface area (Å²) < 4.78 is 12.9. The molecule has 2 nitrogen and oxygen atoms in total. The summed E-state index contributed by atoms with van der Waals surface area (Å²) >= 11 is 3.37. The van der Waals surface area contributed by atoms with E-state index in [0.29, 0.717) is 11.7 Å². The monoisotopic (exact) mass is 287 g/mol. The summed E-state index contributed by atoms with van der Waals surface area (Å²) in [5.41, 5.74) is 5.95. The van der Waals surface area contributed by atoms with E-state index in [1.165, 1.54) is 12.8 Å². The zero-order chi connectivity index (χ0) is 10.8. The van der Waals surface area contributed by atoms with Gasteiger partial charge in [0.2, 0.25) is 0 Å². The molecule has 0 bridgehead atoms. The van der Waals surface area contributed by atoms with Gasteiger partial charge in [-0.15, -0.1) is 0 Å². The molecule has 0 radical (unpaired) electrons. The Morgan fingerprint density at radius 1 is 1.53 bits per heavy atom. The molecule has 2 unspecified atom stereocenters. The zero-order valence-electron chi connectivity index (χ0n) is 8.36. The summed E-state index contributed by atoms with van der Waals surface area (Å²) in [5, 5.41) is 0. The van der Waals surface area contributed by atoms with Gasteiger partial charge >= 0.3 is 0 Å². The molecule has 2 rings (SSSR count). The lowest BCUT2D eigenvalue weighted by molar-refractivity contribution is 0.634. The third kappa shape index (κ3) is 3.13. The molecule has 4 heteroatoms. The molecule has 2 atom stereocenters. The van der Waals surface area contributed by atoms with Gasteiger partial charge in [0.15, 0.2) is 0 Å². The summed E-state index contributed by atoms with van der Waals surface area (Å²) in [4.78, 5) is 0.862. The highest BCUT2D eigenvalue weighted by Crippen LogP contribution is 2.32. The molecule has 0 spiro atoms. The van der Waals surface area contributed by atoms with Gasteiger partial charge in [0.1, 0.15) is 0 Å². The molecular weight excluding hydrogens is 274 g/mol. The molecule has 0 aliphatic heterocycles. The number of hydrogen-bond donors (Lipinski definition) is 1. The van der Waals surface area contributed by atoms with E-state index in [1.807, 2.05) is 24.3 Å². The summed E-state index contributed by atoms with van der Waals surface area (Å²) in [6.07, 6.45) is 2.41. The Morgan fingerprint density at radius 2 is 2.27 bits per heavy atom. The Kier molecular flexibility index (Phi) is 3.59. The van der Waals surface area contributed by atoms with Crippen molar-refractivity contribution in [2.45, 2.75) is 23.8 Å². The number of hydrogen-bond acceptors (Lipinski definition) is 2. The number of rotatable bonds is 4. The van der Waals surface area contributed by atoms with Crippen LogP contribution >= 0.6 is 15.9 Å². The minimum atomic E-state index is -0.959. The molecule has 1 saturated carbocycles. The second-order valence-electron chi connectivity index (χ2n) is 3.97. The lowest BCUT2D eigenvalue weighted by Gasteiger charge is -2.09. The molecule has 0 saturated heterocycles. The molecule has 1 aromatic rings. The first-order valence-electron chi connectivity index (χ1n) is 5.06. The maximum absolute atomic E-state index is 11.9.